The number of fused-ring (bicyclic) bond motifs is 1. The van der Waals surface area contributed by atoms with E-state index >= 15 is 0 Å². The van der Waals surface area contributed by atoms with E-state index in [9.17, 15) is 4.79 Å². The van der Waals surface area contributed by atoms with Gasteiger partial charge in [0.05, 0.1) is 13.2 Å². The third-order valence-corrected chi connectivity index (χ3v) is 4.44. The maximum Gasteiger partial charge on any atom is 0.289 e. The highest BCUT2D eigenvalue weighted by molar-refractivity contribution is 7.09. The van der Waals surface area contributed by atoms with Crippen molar-refractivity contribution in [1.82, 2.24) is 14.5 Å². The largest absolute Gasteiger partial charge is 0.375 e. The van der Waals surface area contributed by atoms with Gasteiger partial charge in [0.15, 0.2) is 5.65 Å². The molecule has 114 valence electrons. The molecule has 1 aliphatic heterocycles. The molecule has 1 atom stereocenters. The number of hydrogen-bond acceptors (Lipinski definition) is 7. The van der Waals surface area contributed by atoms with Gasteiger partial charge in [-0.3, -0.25) is 4.79 Å². The molecule has 4 heterocycles. The Balaban J connectivity index is 1.67. The van der Waals surface area contributed by atoms with Crippen molar-refractivity contribution < 1.29 is 9.26 Å². The first-order chi connectivity index (χ1) is 10.7. The molecule has 8 heteroatoms. The van der Waals surface area contributed by atoms with Crippen molar-refractivity contribution in [3.05, 3.63) is 44.8 Å². The molecule has 0 bridgehead atoms. The van der Waals surface area contributed by atoms with Gasteiger partial charge in [-0.2, -0.15) is 0 Å². The molecule has 0 amide bonds. The molecule has 0 N–H and O–H groups in total. The zero-order valence-corrected chi connectivity index (χ0v) is 12.7. The highest BCUT2D eigenvalue weighted by atomic mass is 32.1. The minimum atomic E-state index is -0.217. The average Bonchev–Trinajstić information content (AvgIpc) is 3.16. The second-order valence-electron chi connectivity index (χ2n) is 5.13. The molecular formula is C14H14N4O3S. The molecule has 1 unspecified atom stereocenters. The van der Waals surface area contributed by atoms with Gasteiger partial charge in [-0.1, -0.05) is 0 Å². The maximum atomic E-state index is 12.1. The lowest BCUT2D eigenvalue weighted by Gasteiger charge is -2.32. The van der Waals surface area contributed by atoms with Crippen LogP contribution in [0.15, 0.2) is 33.0 Å². The fourth-order valence-corrected chi connectivity index (χ4v) is 3.25. The highest BCUT2D eigenvalue weighted by Crippen LogP contribution is 2.26. The Morgan fingerprint density at radius 1 is 1.41 bits per heavy atom. The molecule has 4 rings (SSSR count). The molecular weight excluding hydrogens is 304 g/mol. The van der Waals surface area contributed by atoms with E-state index in [0.717, 1.165) is 5.01 Å². The van der Waals surface area contributed by atoms with E-state index in [2.05, 4.69) is 14.9 Å². The maximum absolute atomic E-state index is 12.1. The van der Waals surface area contributed by atoms with Crippen molar-refractivity contribution in [2.24, 2.45) is 0 Å². The van der Waals surface area contributed by atoms with Crippen LogP contribution in [0.2, 0.25) is 0 Å². The fourth-order valence-electron chi connectivity index (χ4n) is 2.57. The zero-order valence-electron chi connectivity index (χ0n) is 11.9. The summed E-state index contributed by atoms with van der Waals surface area (Å²) in [5, 5.41) is 2.88. The summed E-state index contributed by atoms with van der Waals surface area (Å²) in [5.41, 5.74) is 0.308. The number of morpholine rings is 1. The second-order valence-corrected chi connectivity index (χ2v) is 6.05. The monoisotopic (exact) mass is 318 g/mol. The van der Waals surface area contributed by atoms with Crippen molar-refractivity contribution in [2.45, 2.75) is 13.0 Å². The lowest BCUT2D eigenvalue weighted by Crippen LogP contribution is -2.39. The van der Waals surface area contributed by atoms with Crippen molar-refractivity contribution in [3.8, 4) is 0 Å². The van der Waals surface area contributed by atoms with Crippen molar-refractivity contribution in [1.29, 1.82) is 0 Å². The Hall–Kier alpha value is -2.19. The standard InChI is InChI=1S/C14H14N4O3S/c1-9-6-12-16-11(7-13(19)18(12)21-9)17-3-4-20-10(8-17)14-15-2-5-22-14/h2,5-7,10H,3-4,8H2,1H3. The molecule has 1 fully saturated rings. The summed E-state index contributed by atoms with van der Waals surface area (Å²) in [6.07, 6.45) is 1.69. The molecule has 0 spiro atoms. The number of nitrogens with zero attached hydrogens (tertiary/aromatic N) is 4. The Morgan fingerprint density at radius 2 is 2.32 bits per heavy atom. The third-order valence-electron chi connectivity index (χ3n) is 3.57. The van der Waals surface area contributed by atoms with E-state index < -0.39 is 0 Å². The first-order valence-corrected chi connectivity index (χ1v) is 7.85. The van der Waals surface area contributed by atoms with Crippen LogP contribution < -0.4 is 10.5 Å². The molecule has 0 aliphatic carbocycles. The summed E-state index contributed by atoms with van der Waals surface area (Å²) >= 11 is 1.57. The molecule has 1 aliphatic rings. The summed E-state index contributed by atoms with van der Waals surface area (Å²) in [4.78, 5) is 23.0. The number of thiazole rings is 1. The summed E-state index contributed by atoms with van der Waals surface area (Å²) in [6.45, 7) is 3.70. The number of ether oxygens (including phenoxy) is 1. The topological polar surface area (TPSA) is 72.9 Å². The molecule has 0 aromatic carbocycles. The Labute approximate surface area is 129 Å². The molecule has 0 saturated carbocycles. The zero-order chi connectivity index (χ0) is 15.1. The minimum absolute atomic E-state index is 0.0833. The Morgan fingerprint density at radius 3 is 3.14 bits per heavy atom. The number of hydrogen-bond donors (Lipinski definition) is 0. The van der Waals surface area contributed by atoms with Gasteiger partial charge in [0.25, 0.3) is 5.56 Å². The van der Waals surface area contributed by atoms with E-state index in [1.54, 1.807) is 30.5 Å². The lowest BCUT2D eigenvalue weighted by molar-refractivity contribution is 0.0393. The van der Waals surface area contributed by atoms with Gasteiger partial charge in [0.2, 0.25) is 0 Å². The molecule has 22 heavy (non-hydrogen) atoms. The number of rotatable bonds is 2. The van der Waals surface area contributed by atoms with Crippen LogP contribution in [0.3, 0.4) is 0 Å². The molecule has 1 saturated heterocycles. The number of aromatic nitrogens is 3. The van der Waals surface area contributed by atoms with Crippen LogP contribution in [0.1, 0.15) is 16.9 Å². The van der Waals surface area contributed by atoms with Crippen molar-refractivity contribution in [2.75, 3.05) is 24.6 Å². The average molecular weight is 318 g/mol. The predicted molar refractivity (Wildman–Crippen MR) is 81.5 cm³/mol. The van der Waals surface area contributed by atoms with Gasteiger partial charge in [0.1, 0.15) is 22.7 Å². The second kappa shape index (κ2) is 5.22. The van der Waals surface area contributed by atoms with Crippen LogP contribution in [0, 0.1) is 6.92 Å². The Kier molecular flexibility index (Phi) is 3.20. The SMILES string of the molecule is Cc1cc2nc(N3CCOC(c4nccs4)C3)cc(=O)n2o1. The predicted octanol–water partition coefficient (Wildman–Crippen LogP) is 1.63. The first kappa shape index (κ1) is 13.5. The first-order valence-electron chi connectivity index (χ1n) is 6.97. The molecule has 0 radical (unpaired) electrons. The smallest absolute Gasteiger partial charge is 0.289 e. The van der Waals surface area contributed by atoms with E-state index in [-0.39, 0.29) is 11.7 Å². The number of anilines is 1. The van der Waals surface area contributed by atoms with Gasteiger partial charge in [-0.05, 0) is 6.92 Å². The summed E-state index contributed by atoms with van der Waals surface area (Å²) in [7, 11) is 0. The Bertz CT molecular complexity index is 855. The molecule has 3 aromatic heterocycles. The van der Waals surface area contributed by atoms with E-state index in [1.807, 2.05) is 5.38 Å². The van der Waals surface area contributed by atoms with Gasteiger partial charge >= 0.3 is 0 Å². The van der Waals surface area contributed by atoms with E-state index in [1.165, 1.54) is 10.6 Å². The quantitative estimate of drug-likeness (QED) is 0.715. The third kappa shape index (κ3) is 2.30. The molecule has 7 nitrogen and oxygen atoms in total. The van der Waals surface area contributed by atoms with Gasteiger partial charge in [-0.25, -0.2) is 9.97 Å². The van der Waals surface area contributed by atoms with Crippen molar-refractivity contribution >= 4 is 22.8 Å². The normalized spacial score (nSPS) is 19.0. The van der Waals surface area contributed by atoms with Crippen LogP contribution in [-0.2, 0) is 4.74 Å². The fraction of sp³-hybridized carbons (Fsp3) is 0.357. The van der Waals surface area contributed by atoms with Crippen LogP contribution in [0.5, 0.6) is 0 Å². The summed E-state index contributed by atoms with van der Waals surface area (Å²) in [5.74, 6) is 1.31. The van der Waals surface area contributed by atoms with Crippen LogP contribution >= 0.6 is 11.3 Å². The van der Waals surface area contributed by atoms with Crippen LogP contribution in [0.4, 0.5) is 5.82 Å². The van der Waals surface area contributed by atoms with E-state index in [0.29, 0.717) is 36.9 Å². The van der Waals surface area contributed by atoms with Crippen LogP contribution in [0.25, 0.3) is 5.65 Å². The summed E-state index contributed by atoms with van der Waals surface area (Å²) in [6, 6.07) is 3.25. The highest BCUT2D eigenvalue weighted by Gasteiger charge is 2.25. The van der Waals surface area contributed by atoms with Gasteiger partial charge in [-0.15, -0.1) is 15.9 Å². The lowest BCUT2D eigenvalue weighted by atomic mass is 10.3. The summed E-state index contributed by atoms with van der Waals surface area (Å²) < 4.78 is 12.3. The minimum Gasteiger partial charge on any atom is -0.375 e. The van der Waals surface area contributed by atoms with Gasteiger partial charge < -0.3 is 14.2 Å². The van der Waals surface area contributed by atoms with E-state index in [4.69, 9.17) is 9.26 Å². The van der Waals surface area contributed by atoms with Crippen molar-refractivity contribution in [3.63, 3.8) is 0 Å². The van der Waals surface area contributed by atoms with Crippen LogP contribution in [-0.4, -0.2) is 34.2 Å². The number of aryl methyl sites for hydroxylation is 1. The molecule has 3 aromatic rings. The van der Waals surface area contributed by atoms with Gasteiger partial charge in [0, 0.05) is 30.3 Å².